The molecule has 2 heterocycles. The van der Waals surface area contributed by atoms with Crippen LogP contribution in [0.3, 0.4) is 0 Å². The molecule has 7 nitrogen and oxygen atoms in total. The fourth-order valence-electron chi connectivity index (χ4n) is 3.14. The van der Waals surface area contributed by atoms with Gasteiger partial charge in [-0.05, 0) is 32.0 Å². The number of aromatic amines is 1. The number of hydrogen-bond donors (Lipinski definition) is 2. The van der Waals surface area contributed by atoms with Crippen LogP contribution in [0.4, 0.5) is 5.69 Å². The number of benzene rings is 1. The van der Waals surface area contributed by atoms with Crippen molar-refractivity contribution < 1.29 is 19.1 Å². The van der Waals surface area contributed by atoms with Crippen molar-refractivity contribution in [2.24, 2.45) is 0 Å². The van der Waals surface area contributed by atoms with Crippen molar-refractivity contribution in [3.63, 3.8) is 0 Å². The Kier molecular flexibility index (Phi) is 6.28. The molecule has 2 aromatic rings. The van der Waals surface area contributed by atoms with Crippen molar-refractivity contribution in [3.05, 3.63) is 23.9 Å². The minimum atomic E-state index is -0.495. The van der Waals surface area contributed by atoms with Crippen LogP contribution in [-0.4, -0.2) is 66.1 Å². The van der Waals surface area contributed by atoms with Crippen LogP contribution >= 0.6 is 11.8 Å². The maximum absolute atomic E-state index is 12.9. The summed E-state index contributed by atoms with van der Waals surface area (Å²) in [5.74, 6) is 2.06. The molecule has 1 aliphatic rings. The molecule has 1 saturated heterocycles. The number of methoxy groups -OCH3 is 1. The van der Waals surface area contributed by atoms with Crippen LogP contribution in [0.2, 0.25) is 0 Å². The Labute approximate surface area is 162 Å². The van der Waals surface area contributed by atoms with Gasteiger partial charge in [0.05, 0.1) is 25.4 Å². The number of aromatic nitrogens is 1. The van der Waals surface area contributed by atoms with E-state index >= 15 is 0 Å². The van der Waals surface area contributed by atoms with Gasteiger partial charge in [-0.3, -0.25) is 9.69 Å². The number of rotatable bonds is 6. The molecule has 0 aliphatic carbocycles. The molecule has 0 unspecified atom stereocenters. The van der Waals surface area contributed by atoms with Gasteiger partial charge in [0.2, 0.25) is 5.91 Å². The number of carbonyl (C=O) groups excluding carboxylic acids is 2. The van der Waals surface area contributed by atoms with E-state index in [0.29, 0.717) is 16.8 Å². The summed E-state index contributed by atoms with van der Waals surface area (Å²) in [5.41, 5.74) is 1.41. The van der Waals surface area contributed by atoms with Gasteiger partial charge < -0.3 is 19.8 Å². The minimum absolute atomic E-state index is 0.142. The van der Waals surface area contributed by atoms with Gasteiger partial charge in [-0.25, -0.2) is 4.79 Å². The summed E-state index contributed by atoms with van der Waals surface area (Å²) in [7, 11) is 1.58. The fourth-order valence-corrected chi connectivity index (χ4v) is 4.07. The molecular formula is C19H25N3O4S. The van der Waals surface area contributed by atoms with Gasteiger partial charge in [0.25, 0.3) is 0 Å². The average molecular weight is 391 g/mol. The summed E-state index contributed by atoms with van der Waals surface area (Å²) >= 11 is 1.90. The molecule has 0 spiro atoms. The van der Waals surface area contributed by atoms with Crippen molar-refractivity contribution in [2.45, 2.75) is 19.9 Å². The van der Waals surface area contributed by atoms with Crippen LogP contribution in [-0.2, 0) is 9.53 Å². The van der Waals surface area contributed by atoms with Crippen LogP contribution in [0.25, 0.3) is 10.9 Å². The number of esters is 1. The molecule has 1 fully saturated rings. The van der Waals surface area contributed by atoms with E-state index in [1.165, 1.54) is 0 Å². The summed E-state index contributed by atoms with van der Waals surface area (Å²) in [5, 5.41) is 3.66. The van der Waals surface area contributed by atoms with Crippen LogP contribution in [0.5, 0.6) is 5.75 Å². The lowest BCUT2D eigenvalue weighted by atomic mass is 10.2. The third-order valence-electron chi connectivity index (χ3n) is 4.71. The van der Waals surface area contributed by atoms with Crippen molar-refractivity contribution in [2.75, 3.05) is 43.6 Å². The summed E-state index contributed by atoms with van der Waals surface area (Å²) in [6, 6.07) is 5.13. The molecular weight excluding hydrogens is 366 g/mol. The predicted octanol–water partition coefficient (Wildman–Crippen LogP) is 2.73. The molecule has 2 N–H and O–H groups in total. The largest absolute Gasteiger partial charge is 0.497 e. The number of thioether (sulfide) groups is 1. The molecule has 1 amide bonds. The van der Waals surface area contributed by atoms with Gasteiger partial charge >= 0.3 is 5.97 Å². The molecule has 1 atom stereocenters. The summed E-state index contributed by atoms with van der Waals surface area (Å²) in [4.78, 5) is 30.5. The van der Waals surface area contributed by atoms with Crippen molar-refractivity contribution >= 4 is 40.2 Å². The molecule has 1 aromatic heterocycles. The smallest absolute Gasteiger partial charge is 0.356 e. The number of nitrogens with one attached hydrogen (secondary N) is 2. The van der Waals surface area contributed by atoms with Crippen molar-refractivity contribution in [3.8, 4) is 5.75 Å². The van der Waals surface area contributed by atoms with E-state index < -0.39 is 5.97 Å². The van der Waals surface area contributed by atoms with Gasteiger partial charge in [-0.2, -0.15) is 11.8 Å². The van der Waals surface area contributed by atoms with Crippen molar-refractivity contribution in [1.82, 2.24) is 9.88 Å². The molecule has 8 heteroatoms. The van der Waals surface area contributed by atoms with E-state index in [0.717, 1.165) is 30.1 Å². The maximum atomic E-state index is 12.9. The highest BCUT2D eigenvalue weighted by molar-refractivity contribution is 7.99. The van der Waals surface area contributed by atoms with Gasteiger partial charge in [0, 0.05) is 35.5 Å². The van der Waals surface area contributed by atoms with Crippen LogP contribution in [0, 0.1) is 0 Å². The lowest BCUT2D eigenvalue weighted by Gasteiger charge is -2.31. The summed E-state index contributed by atoms with van der Waals surface area (Å²) < 4.78 is 10.4. The number of amides is 1. The van der Waals surface area contributed by atoms with Gasteiger partial charge in [-0.15, -0.1) is 0 Å². The number of fused-ring (bicyclic) bond motifs is 1. The second-order valence-corrected chi connectivity index (χ2v) is 7.55. The quantitative estimate of drug-likeness (QED) is 0.737. The highest BCUT2D eigenvalue weighted by Crippen LogP contribution is 2.32. The normalized spacial score (nSPS) is 16.1. The molecule has 3 rings (SSSR count). The van der Waals surface area contributed by atoms with E-state index in [-0.39, 0.29) is 24.2 Å². The highest BCUT2D eigenvalue weighted by atomic mass is 32.2. The molecule has 1 aromatic carbocycles. The third kappa shape index (κ3) is 4.22. The number of H-pyrrole nitrogens is 1. The summed E-state index contributed by atoms with van der Waals surface area (Å²) in [6.07, 6.45) is 0. The second-order valence-electron chi connectivity index (χ2n) is 6.32. The SMILES string of the molecule is CCOC(=O)c1[nH]c2ccc(OC)cc2c1NC(=O)[C@H](C)N1CCSCC1. The first-order valence-corrected chi connectivity index (χ1v) is 10.2. The topological polar surface area (TPSA) is 83.7 Å². The number of carbonyl (C=O) groups is 2. The third-order valence-corrected chi connectivity index (χ3v) is 5.65. The standard InChI is InChI=1S/C19H25N3O4S/c1-4-26-19(24)17-16(14-11-13(25-3)5-6-15(14)20-17)21-18(23)12(2)22-7-9-27-10-8-22/h5-6,11-12,20H,4,7-10H2,1-3H3,(H,21,23)/t12-/m0/s1. The van der Waals surface area contributed by atoms with Gasteiger partial charge in [0.1, 0.15) is 11.4 Å². The Hall–Kier alpha value is -2.19. The monoisotopic (exact) mass is 391 g/mol. The van der Waals surface area contributed by atoms with Crippen molar-refractivity contribution in [1.29, 1.82) is 0 Å². The first-order valence-electron chi connectivity index (χ1n) is 9.04. The first-order chi connectivity index (χ1) is 13.0. The maximum Gasteiger partial charge on any atom is 0.356 e. The minimum Gasteiger partial charge on any atom is -0.497 e. The van der Waals surface area contributed by atoms with Gasteiger partial charge in [-0.1, -0.05) is 0 Å². The Balaban J connectivity index is 1.93. The van der Waals surface area contributed by atoms with Crippen LogP contribution in [0.15, 0.2) is 18.2 Å². The number of nitrogens with zero attached hydrogens (tertiary/aromatic N) is 1. The van der Waals surface area contributed by atoms with E-state index in [9.17, 15) is 9.59 Å². The number of ether oxygens (including phenoxy) is 2. The Bertz CT molecular complexity index is 830. The van der Waals surface area contributed by atoms with Crippen LogP contribution in [0.1, 0.15) is 24.3 Å². The first kappa shape index (κ1) is 19.6. The van der Waals surface area contributed by atoms with E-state index in [4.69, 9.17) is 9.47 Å². The van der Waals surface area contributed by atoms with E-state index in [1.807, 2.05) is 24.8 Å². The van der Waals surface area contributed by atoms with E-state index in [1.54, 1.807) is 26.2 Å². The van der Waals surface area contributed by atoms with Crippen LogP contribution < -0.4 is 10.1 Å². The zero-order valence-electron chi connectivity index (χ0n) is 15.8. The fraction of sp³-hybridized carbons (Fsp3) is 0.474. The lowest BCUT2D eigenvalue weighted by Crippen LogP contribution is -2.46. The molecule has 0 radical (unpaired) electrons. The summed E-state index contributed by atoms with van der Waals surface area (Å²) in [6.45, 7) is 5.66. The van der Waals surface area contributed by atoms with E-state index in [2.05, 4.69) is 15.2 Å². The molecule has 27 heavy (non-hydrogen) atoms. The average Bonchev–Trinajstić information content (AvgIpc) is 3.05. The zero-order valence-corrected chi connectivity index (χ0v) is 16.6. The number of anilines is 1. The number of hydrogen-bond acceptors (Lipinski definition) is 6. The Morgan fingerprint density at radius 2 is 2.07 bits per heavy atom. The molecule has 146 valence electrons. The molecule has 1 aliphatic heterocycles. The highest BCUT2D eigenvalue weighted by Gasteiger charge is 2.26. The van der Waals surface area contributed by atoms with Gasteiger partial charge in [0.15, 0.2) is 0 Å². The Morgan fingerprint density at radius 1 is 1.33 bits per heavy atom. The molecule has 0 bridgehead atoms. The Morgan fingerprint density at radius 3 is 2.74 bits per heavy atom. The predicted molar refractivity (Wildman–Crippen MR) is 108 cm³/mol. The molecule has 0 saturated carbocycles. The zero-order chi connectivity index (χ0) is 19.4. The lowest BCUT2D eigenvalue weighted by molar-refractivity contribution is -0.120. The second kappa shape index (κ2) is 8.67.